The van der Waals surface area contributed by atoms with Crippen LogP contribution in [0.4, 0.5) is 22.7 Å². The molecule has 2 nitrogen and oxygen atoms in total. The molecule has 5 heteroatoms. The first kappa shape index (κ1) is 21.8. The fraction of sp³-hybridized carbons (Fsp3) is 0.182. The van der Waals surface area contributed by atoms with Crippen molar-refractivity contribution in [1.82, 2.24) is 0 Å². The van der Waals surface area contributed by atoms with E-state index in [0.29, 0.717) is 0 Å². The van der Waals surface area contributed by atoms with Gasteiger partial charge >= 0.3 is 35.6 Å². The molecule has 0 spiro atoms. The van der Waals surface area contributed by atoms with E-state index in [9.17, 15) is 0 Å². The van der Waals surface area contributed by atoms with Crippen LogP contribution in [0, 0.1) is 27.7 Å². The first-order chi connectivity index (χ1) is 12.9. The van der Waals surface area contributed by atoms with Crippen molar-refractivity contribution in [3.8, 4) is 0 Å². The maximum absolute atomic E-state index is 4.89. The van der Waals surface area contributed by atoms with Crippen LogP contribution in [0.5, 0.6) is 0 Å². The molecule has 0 aliphatic carbocycles. The molecule has 0 heterocycles. The van der Waals surface area contributed by atoms with Gasteiger partial charge in [-0.05, 0) is 27.7 Å². The van der Waals surface area contributed by atoms with E-state index in [4.69, 9.17) is 29.2 Å². The average molecular weight is 433 g/mol. The molecule has 0 radical (unpaired) electrons. The fourth-order valence-corrected chi connectivity index (χ4v) is 2.96. The van der Waals surface area contributed by atoms with Crippen LogP contribution in [0.15, 0.2) is 60.7 Å². The summed E-state index contributed by atoms with van der Waals surface area (Å²) in [6.45, 7) is 8.38. The van der Waals surface area contributed by atoms with Gasteiger partial charge in [-0.2, -0.15) is 11.4 Å². The van der Waals surface area contributed by atoms with E-state index in [1.165, 1.54) is 22.3 Å². The number of rotatable bonds is 4. The van der Waals surface area contributed by atoms with E-state index >= 15 is 0 Å². The molecule has 0 atom stereocenters. The van der Waals surface area contributed by atoms with Crippen LogP contribution in [-0.2, 0) is 17.0 Å². The summed E-state index contributed by atoms with van der Waals surface area (Å²) in [5, 5.41) is 9.62. The summed E-state index contributed by atoms with van der Waals surface area (Å²) in [6, 6.07) is 20.7. The Morgan fingerprint density at radius 3 is 1.19 bits per heavy atom. The second kappa shape index (κ2) is 10.8. The number of aryl methyl sites for hydroxylation is 4. The van der Waals surface area contributed by atoms with Gasteiger partial charge < -0.3 is 10.6 Å². The van der Waals surface area contributed by atoms with E-state index in [-0.39, 0.29) is 0 Å². The SMILES string of the molecule is Cc1cc(C)cc([N-]c2ccccc2[N-]c2cc(C)cc(C)c2)c1.[Cl][Ti][Cl]. The van der Waals surface area contributed by atoms with Gasteiger partial charge in [-0.25, -0.2) is 0 Å². The number of nitrogens with zero attached hydrogens (tertiary/aromatic N) is 2. The zero-order valence-electron chi connectivity index (χ0n) is 15.9. The van der Waals surface area contributed by atoms with Crippen LogP contribution in [0.25, 0.3) is 10.6 Å². The first-order valence-electron chi connectivity index (χ1n) is 8.56. The quantitative estimate of drug-likeness (QED) is 0.368. The zero-order chi connectivity index (χ0) is 19.8. The molecular formula is C22H22Cl2N2Ti-2. The van der Waals surface area contributed by atoms with Crippen LogP contribution in [-0.4, -0.2) is 0 Å². The molecule has 3 aromatic rings. The fourth-order valence-electron chi connectivity index (χ4n) is 2.96. The molecule has 140 valence electrons. The Labute approximate surface area is 179 Å². The average Bonchev–Trinajstić information content (AvgIpc) is 2.55. The second-order valence-electron chi connectivity index (χ2n) is 6.48. The van der Waals surface area contributed by atoms with Gasteiger partial charge in [0, 0.05) is 0 Å². The van der Waals surface area contributed by atoms with Crippen molar-refractivity contribution in [1.29, 1.82) is 0 Å². The summed E-state index contributed by atoms with van der Waals surface area (Å²) in [6.07, 6.45) is 0. The number of para-hydroxylation sites is 2. The molecule has 0 saturated heterocycles. The molecule has 0 bridgehead atoms. The van der Waals surface area contributed by atoms with Crippen molar-refractivity contribution >= 4 is 41.4 Å². The molecular weight excluding hydrogens is 411 g/mol. The summed E-state index contributed by atoms with van der Waals surface area (Å²) < 4.78 is 0. The summed E-state index contributed by atoms with van der Waals surface area (Å²) in [5.74, 6) is 0. The molecule has 3 aromatic carbocycles. The van der Waals surface area contributed by atoms with Crippen LogP contribution in [0.2, 0.25) is 0 Å². The van der Waals surface area contributed by atoms with Crippen molar-refractivity contribution in [3.63, 3.8) is 0 Å². The standard InChI is InChI=1S/C22H22N2.2ClH.Ti/c1-15-9-16(2)12-19(11-15)23-21-7-5-6-8-22(21)24-20-13-17(3)10-18(4)14-20;;;/h5-14H,1-4H3;2*1H;/q-2;;;+2/p-2. The van der Waals surface area contributed by atoms with E-state index < -0.39 is 17.0 Å². The summed E-state index contributed by atoms with van der Waals surface area (Å²) in [5.41, 5.74) is 8.60. The first-order valence-corrected chi connectivity index (χ1v) is 12.9. The third-order valence-electron chi connectivity index (χ3n) is 3.79. The van der Waals surface area contributed by atoms with Gasteiger partial charge in [0.15, 0.2) is 0 Å². The molecule has 0 saturated carbocycles. The Hall–Kier alpha value is -1.45. The molecule has 0 aliphatic heterocycles. The Kier molecular flexibility index (Phi) is 8.72. The predicted molar refractivity (Wildman–Crippen MR) is 115 cm³/mol. The number of hydrogen-bond donors (Lipinski definition) is 0. The minimum atomic E-state index is -0.556. The van der Waals surface area contributed by atoms with E-state index in [1.807, 2.05) is 24.3 Å². The van der Waals surface area contributed by atoms with Crippen LogP contribution >= 0.6 is 18.6 Å². The van der Waals surface area contributed by atoms with Gasteiger partial charge in [-0.15, -0.1) is 11.4 Å². The summed E-state index contributed by atoms with van der Waals surface area (Å²) in [7, 11) is 9.78. The van der Waals surface area contributed by atoms with E-state index in [1.54, 1.807) is 0 Å². The van der Waals surface area contributed by atoms with Crippen molar-refractivity contribution in [3.05, 3.63) is 93.6 Å². The second-order valence-corrected chi connectivity index (χ2v) is 9.05. The molecule has 0 N–H and O–H groups in total. The molecule has 0 aliphatic rings. The minimum absolute atomic E-state index is 0.556. The van der Waals surface area contributed by atoms with E-state index in [0.717, 1.165) is 22.7 Å². The Morgan fingerprint density at radius 1 is 0.593 bits per heavy atom. The third kappa shape index (κ3) is 7.23. The molecule has 3 rings (SSSR count). The van der Waals surface area contributed by atoms with Gasteiger partial charge in [0.2, 0.25) is 0 Å². The van der Waals surface area contributed by atoms with Gasteiger partial charge in [0.1, 0.15) is 0 Å². The van der Waals surface area contributed by atoms with Gasteiger partial charge in [-0.3, -0.25) is 0 Å². The molecule has 27 heavy (non-hydrogen) atoms. The Balaban J connectivity index is 0.000000817. The zero-order valence-corrected chi connectivity index (χ0v) is 19.0. The molecule has 0 aromatic heterocycles. The van der Waals surface area contributed by atoms with Crippen molar-refractivity contribution < 1.29 is 17.0 Å². The van der Waals surface area contributed by atoms with Crippen LogP contribution < -0.4 is 0 Å². The molecule has 0 amide bonds. The Bertz CT molecular complexity index is 784. The number of hydrogen-bond acceptors (Lipinski definition) is 0. The van der Waals surface area contributed by atoms with Crippen molar-refractivity contribution in [2.45, 2.75) is 27.7 Å². The van der Waals surface area contributed by atoms with Crippen LogP contribution in [0.1, 0.15) is 22.3 Å². The summed E-state index contributed by atoms with van der Waals surface area (Å²) in [4.78, 5) is 0. The van der Waals surface area contributed by atoms with E-state index in [2.05, 4.69) is 64.1 Å². The number of benzene rings is 3. The number of halogens is 2. The van der Waals surface area contributed by atoms with Gasteiger partial charge in [0.25, 0.3) is 0 Å². The maximum atomic E-state index is 4.89. The van der Waals surface area contributed by atoms with Crippen molar-refractivity contribution in [2.75, 3.05) is 0 Å². The topological polar surface area (TPSA) is 28.2 Å². The van der Waals surface area contributed by atoms with Gasteiger partial charge in [-0.1, -0.05) is 82.9 Å². The van der Waals surface area contributed by atoms with Crippen LogP contribution in [0.3, 0.4) is 0 Å². The summed E-state index contributed by atoms with van der Waals surface area (Å²) >= 11 is -0.556. The normalized spacial score (nSPS) is 9.85. The predicted octanol–water partition coefficient (Wildman–Crippen LogP) is 8.97. The molecule has 0 unspecified atom stereocenters. The third-order valence-corrected chi connectivity index (χ3v) is 3.79. The van der Waals surface area contributed by atoms with Crippen molar-refractivity contribution in [2.24, 2.45) is 0 Å². The Morgan fingerprint density at radius 2 is 0.889 bits per heavy atom. The molecule has 0 fully saturated rings. The van der Waals surface area contributed by atoms with Gasteiger partial charge in [0.05, 0.1) is 0 Å². The monoisotopic (exact) mass is 432 g/mol.